The molecule has 0 N–H and O–H groups in total. The van der Waals surface area contributed by atoms with Crippen LogP contribution in [0.3, 0.4) is 0 Å². The molecule has 0 amide bonds. The highest BCUT2D eigenvalue weighted by molar-refractivity contribution is 5.73. The molecule has 1 saturated heterocycles. The molecule has 0 spiro atoms. The zero-order chi connectivity index (χ0) is 15.1. The lowest BCUT2D eigenvalue weighted by Gasteiger charge is -2.40. The molecule has 1 heterocycles. The standard InChI is InChI=1S/C13H24O7/c1-8(13(14)18-5)19-11-6-9(16-3)12(17-4)10(20-11)7-15-2/h8-12H,6-7H2,1-5H3/t8-,9+,10+,11+,12+/m0/s1. The Morgan fingerprint density at radius 2 is 1.95 bits per heavy atom. The van der Waals surface area contributed by atoms with Crippen molar-refractivity contribution in [1.29, 1.82) is 0 Å². The monoisotopic (exact) mass is 292 g/mol. The smallest absolute Gasteiger partial charge is 0.334 e. The quantitative estimate of drug-likeness (QED) is 0.627. The molecule has 5 atom stereocenters. The van der Waals surface area contributed by atoms with Crippen LogP contribution in [0.5, 0.6) is 0 Å². The van der Waals surface area contributed by atoms with Crippen molar-refractivity contribution in [2.75, 3.05) is 35.0 Å². The Hall–Kier alpha value is -0.730. The minimum atomic E-state index is -0.704. The first-order valence-electron chi connectivity index (χ1n) is 6.50. The van der Waals surface area contributed by atoms with Gasteiger partial charge in [-0.1, -0.05) is 0 Å². The summed E-state index contributed by atoms with van der Waals surface area (Å²) in [6.07, 6.45) is -1.56. The summed E-state index contributed by atoms with van der Waals surface area (Å²) in [5.41, 5.74) is 0. The van der Waals surface area contributed by atoms with Crippen molar-refractivity contribution in [2.45, 2.75) is 44.1 Å². The summed E-state index contributed by atoms with van der Waals surface area (Å²) in [7, 11) is 6.10. The molecule has 1 aliphatic rings. The van der Waals surface area contributed by atoms with Crippen LogP contribution >= 0.6 is 0 Å². The van der Waals surface area contributed by atoms with Gasteiger partial charge in [-0.05, 0) is 6.92 Å². The third-order valence-corrected chi connectivity index (χ3v) is 3.28. The maximum Gasteiger partial charge on any atom is 0.334 e. The first kappa shape index (κ1) is 17.3. The fraction of sp³-hybridized carbons (Fsp3) is 0.923. The summed E-state index contributed by atoms with van der Waals surface area (Å²) in [6, 6.07) is 0. The largest absolute Gasteiger partial charge is 0.467 e. The van der Waals surface area contributed by atoms with Gasteiger partial charge in [0.15, 0.2) is 12.4 Å². The second kappa shape index (κ2) is 8.53. The Labute approximate surface area is 119 Å². The van der Waals surface area contributed by atoms with E-state index in [1.807, 2.05) is 0 Å². The molecule has 20 heavy (non-hydrogen) atoms. The van der Waals surface area contributed by atoms with Crippen molar-refractivity contribution in [3.63, 3.8) is 0 Å². The average Bonchev–Trinajstić information content (AvgIpc) is 2.46. The number of methoxy groups -OCH3 is 4. The van der Waals surface area contributed by atoms with Gasteiger partial charge in [0.2, 0.25) is 0 Å². The molecule has 0 aromatic rings. The Balaban J connectivity index is 2.67. The predicted molar refractivity (Wildman–Crippen MR) is 69.3 cm³/mol. The van der Waals surface area contributed by atoms with Gasteiger partial charge in [0, 0.05) is 27.8 Å². The van der Waals surface area contributed by atoms with Gasteiger partial charge in [-0.3, -0.25) is 0 Å². The summed E-state index contributed by atoms with van der Waals surface area (Å²) in [4.78, 5) is 11.4. The van der Waals surface area contributed by atoms with E-state index in [1.165, 1.54) is 7.11 Å². The van der Waals surface area contributed by atoms with Crippen molar-refractivity contribution in [3.05, 3.63) is 0 Å². The molecule has 1 rings (SSSR count). The van der Waals surface area contributed by atoms with E-state index < -0.39 is 18.4 Å². The molecule has 0 aromatic carbocycles. The molecule has 7 nitrogen and oxygen atoms in total. The van der Waals surface area contributed by atoms with Gasteiger partial charge in [0.25, 0.3) is 0 Å². The van der Waals surface area contributed by atoms with Crippen LogP contribution in [0.2, 0.25) is 0 Å². The summed E-state index contributed by atoms with van der Waals surface area (Å²) in [6.45, 7) is 1.97. The maximum atomic E-state index is 11.4. The van der Waals surface area contributed by atoms with Crippen LogP contribution in [0.4, 0.5) is 0 Å². The number of rotatable bonds is 7. The number of hydrogen-bond acceptors (Lipinski definition) is 7. The van der Waals surface area contributed by atoms with Gasteiger partial charge < -0.3 is 28.4 Å². The number of esters is 1. The molecule has 0 aliphatic carbocycles. The van der Waals surface area contributed by atoms with Crippen molar-refractivity contribution in [2.24, 2.45) is 0 Å². The van der Waals surface area contributed by atoms with Crippen LogP contribution in [0.25, 0.3) is 0 Å². The summed E-state index contributed by atoms with van der Waals surface area (Å²) in [5, 5.41) is 0. The topological polar surface area (TPSA) is 72.5 Å². The van der Waals surface area contributed by atoms with E-state index in [4.69, 9.17) is 23.7 Å². The maximum absolute atomic E-state index is 11.4. The van der Waals surface area contributed by atoms with Gasteiger partial charge in [-0.25, -0.2) is 4.79 Å². The van der Waals surface area contributed by atoms with Crippen LogP contribution in [0.1, 0.15) is 13.3 Å². The summed E-state index contributed by atoms with van der Waals surface area (Å²) >= 11 is 0. The van der Waals surface area contributed by atoms with E-state index in [0.717, 1.165) is 0 Å². The van der Waals surface area contributed by atoms with Gasteiger partial charge in [0.1, 0.15) is 12.2 Å². The number of carbonyl (C=O) groups excluding carboxylic acids is 1. The summed E-state index contributed by atoms with van der Waals surface area (Å²) in [5.74, 6) is -0.445. The van der Waals surface area contributed by atoms with E-state index in [0.29, 0.717) is 13.0 Å². The van der Waals surface area contributed by atoms with Gasteiger partial charge in [-0.15, -0.1) is 0 Å². The molecule has 0 radical (unpaired) electrons. The fourth-order valence-corrected chi connectivity index (χ4v) is 2.26. The first-order chi connectivity index (χ1) is 9.57. The lowest BCUT2D eigenvalue weighted by Crippen LogP contribution is -2.53. The van der Waals surface area contributed by atoms with E-state index in [9.17, 15) is 4.79 Å². The van der Waals surface area contributed by atoms with Crippen LogP contribution in [0.15, 0.2) is 0 Å². The Morgan fingerprint density at radius 1 is 1.25 bits per heavy atom. The molecule has 0 saturated carbocycles. The highest BCUT2D eigenvalue weighted by Crippen LogP contribution is 2.26. The van der Waals surface area contributed by atoms with Crippen molar-refractivity contribution in [3.8, 4) is 0 Å². The number of ether oxygens (including phenoxy) is 6. The molecule has 0 bridgehead atoms. The van der Waals surface area contributed by atoms with Crippen LogP contribution < -0.4 is 0 Å². The molecular formula is C13H24O7. The van der Waals surface area contributed by atoms with Crippen molar-refractivity contribution in [1.82, 2.24) is 0 Å². The highest BCUT2D eigenvalue weighted by Gasteiger charge is 2.40. The minimum absolute atomic E-state index is 0.191. The fourth-order valence-electron chi connectivity index (χ4n) is 2.26. The van der Waals surface area contributed by atoms with Crippen molar-refractivity contribution >= 4 is 5.97 Å². The summed E-state index contributed by atoms with van der Waals surface area (Å²) < 4.78 is 31.9. The molecule has 118 valence electrons. The van der Waals surface area contributed by atoms with E-state index >= 15 is 0 Å². The second-order valence-corrected chi connectivity index (χ2v) is 4.57. The zero-order valence-corrected chi connectivity index (χ0v) is 12.7. The Kier molecular flexibility index (Phi) is 7.39. The third-order valence-electron chi connectivity index (χ3n) is 3.28. The second-order valence-electron chi connectivity index (χ2n) is 4.57. The highest BCUT2D eigenvalue weighted by atomic mass is 16.7. The molecule has 0 unspecified atom stereocenters. The van der Waals surface area contributed by atoms with E-state index in [2.05, 4.69) is 4.74 Å². The number of hydrogen-bond donors (Lipinski definition) is 0. The SMILES string of the molecule is COC[C@H]1O[C@@H](O[C@@H](C)C(=O)OC)C[C@@H](OC)[C@H]1OC. The molecule has 7 heteroatoms. The normalized spacial score (nSPS) is 31.9. The first-order valence-corrected chi connectivity index (χ1v) is 6.50. The zero-order valence-electron chi connectivity index (χ0n) is 12.7. The van der Waals surface area contributed by atoms with E-state index in [1.54, 1.807) is 28.3 Å². The van der Waals surface area contributed by atoms with Gasteiger partial charge >= 0.3 is 5.97 Å². The molecule has 1 fully saturated rings. The predicted octanol–water partition coefficient (Wildman–Crippen LogP) is 0.356. The van der Waals surface area contributed by atoms with Crippen LogP contribution in [-0.4, -0.2) is 71.7 Å². The van der Waals surface area contributed by atoms with Gasteiger partial charge in [-0.2, -0.15) is 0 Å². The lowest BCUT2D eigenvalue weighted by atomic mass is 10.0. The Bertz CT molecular complexity index is 296. The minimum Gasteiger partial charge on any atom is -0.467 e. The van der Waals surface area contributed by atoms with E-state index in [-0.39, 0.29) is 18.3 Å². The lowest BCUT2D eigenvalue weighted by molar-refractivity contribution is -0.275. The third kappa shape index (κ3) is 4.39. The van der Waals surface area contributed by atoms with Crippen LogP contribution in [-0.2, 0) is 33.2 Å². The molecule has 0 aromatic heterocycles. The van der Waals surface area contributed by atoms with Crippen LogP contribution in [0, 0.1) is 0 Å². The Morgan fingerprint density at radius 3 is 2.45 bits per heavy atom. The average molecular weight is 292 g/mol. The molecule has 1 aliphatic heterocycles. The number of carbonyl (C=O) groups is 1. The molecular weight excluding hydrogens is 268 g/mol. The van der Waals surface area contributed by atoms with Crippen molar-refractivity contribution < 1.29 is 33.2 Å². The van der Waals surface area contributed by atoms with Gasteiger partial charge in [0.05, 0.1) is 19.8 Å².